The summed E-state index contributed by atoms with van der Waals surface area (Å²) in [4.78, 5) is 12.6. The Morgan fingerprint density at radius 2 is 1.94 bits per heavy atom. The topological polar surface area (TPSA) is 40.5 Å². The van der Waals surface area contributed by atoms with Gasteiger partial charge in [0.1, 0.15) is 0 Å². The monoisotopic (exact) mass is 265 g/mol. The van der Waals surface area contributed by atoms with Gasteiger partial charge in [-0.15, -0.1) is 0 Å². The number of hydrogen-bond donors (Lipinski definition) is 1. The summed E-state index contributed by atoms with van der Waals surface area (Å²) in [5.74, 6) is -0.248. The van der Waals surface area contributed by atoms with Gasteiger partial charge in [0.05, 0.1) is 11.6 Å². The predicted octanol–water partition coefficient (Wildman–Crippen LogP) is 2.09. The Morgan fingerprint density at radius 1 is 1.31 bits per heavy atom. The van der Waals surface area contributed by atoms with Crippen molar-refractivity contribution in [3.8, 4) is 0 Å². The highest BCUT2D eigenvalue weighted by Crippen LogP contribution is 2.42. The van der Waals surface area contributed by atoms with E-state index in [1.807, 2.05) is 0 Å². The number of carbonyl (C=O) groups excluding carboxylic acids is 1. The number of likely N-dealkylation sites (tertiary alicyclic amines) is 1. The predicted molar refractivity (Wildman–Crippen MR) is 63.6 cm³/mol. The summed E-state index contributed by atoms with van der Waals surface area (Å²) >= 11 is 11.3. The molecule has 1 atom stereocenters. The van der Waals surface area contributed by atoms with E-state index in [4.69, 9.17) is 23.2 Å². The van der Waals surface area contributed by atoms with E-state index < -0.39 is 10.9 Å². The van der Waals surface area contributed by atoms with Gasteiger partial charge in [-0.2, -0.15) is 0 Å². The maximum atomic E-state index is 11.9. The van der Waals surface area contributed by atoms with E-state index in [-0.39, 0.29) is 11.4 Å². The van der Waals surface area contributed by atoms with Crippen LogP contribution in [-0.2, 0) is 4.79 Å². The molecule has 0 bridgehead atoms. The van der Waals surface area contributed by atoms with Crippen molar-refractivity contribution in [3.63, 3.8) is 0 Å². The van der Waals surface area contributed by atoms with Gasteiger partial charge in [0.2, 0.25) is 0 Å². The molecular weight excluding hydrogens is 249 g/mol. The molecule has 0 aromatic carbocycles. The van der Waals surface area contributed by atoms with Gasteiger partial charge in [0.25, 0.3) is 5.91 Å². The van der Waals surface area contributed by atoms with Gasteiger partial charge >= 0.3 is 0 Å². The molecule has 1 aliphatic carbocycles. The summed E-state index contributed by atoms with van der Waals surface area (Å²) in [7, 11) is 0. The van der Waals surface area contributed by atoms with Crippen LogP contribution in [0.3, 0.4) is 0 Å². The number of halogens is 2. The highest BCUT2D eigenvalue weighted by molar-refractivity contribution is 6.53. The first-order chi connectivity index (χ1) is 7.58. The summed E-state index contributed by atoms with van der Waals surface area (Å²) in [5, 5.41) is 10.1. The molecule has 0 aromatic heterocycles. The summed E-state index contributed by atoms with van der Waals surface area (Å²) in [6, 6.07) is 0. The van der Waals surface area contributed by atoms with Crippen LogP contribution in [0.2, 0.25) is 0 Å². The minimum atomic E-state index is -1.01. The highest BCUT2D eigenvalue weighted by atomic mass is 35.5. The first-order valence-corrected chi connectivity index (χ1v) is 6.73. The van der Waals surface area contributed by atoms with Gasteiger partial charge in [-0.3, -0.25) is 4.79 Å². The lowest BCUT2D eigenvalue weighted by atomic mass is 9.78. The van der Waals surface area contributed by atoms with E-state index in [9.17, 15) is 9.90 Å². The van der Waals surface area contributed by atoms with Crippen molar-refractivity contribution in [2.75, 3.05) is 6.54 Å². The van der Waals surface area contributed by atoms with Crippen LogP contribution in [0, 0.1) is 0 Å². The van der Waals surface area contributed by atoms with Crippen LogP contribution < -0.4 is 0 Å². The largest absolute Gasteiger partial charge is 0.391 e. The molecule has 2 rings (SSSR count). The fraction of sp³-hybridized carbons (Fsp3) is 0.909. The van der Waals surface area contributed by atoms with Crippen LogP contribution in [0.25, 0.3) is 0 Å². The molecule has 1 amide bonds. The lowest BCUT2D eigenvalue weighted by Crippen LogP contribution is -2.55. The smallest absolute Gasteiger partial charge is 0.256 e. The minimum absolute atomic E-state index is 0.248. The molecule has 0 aromatic rings. The number of hydrogen-bond acceptors (Lipinski definition) is 2. The highest BCUT2D eigenvalue weighted by Gasteiger charge is 2.51. The van der Waals surface area contributed by atoms with Crippen LogP contribution in [0.15, 0.2) is 0 Å². The van der Waals surface area contributed by atoms with Crippen LogP contribution in [0.4, 0.5) is 0 Å². The van der Waals surface area contributed by atoms with Gasteiger partial charge in [-0.05, 0) is 19.3 Å². The third-order valence-corrected chi connectivity index (χ3v) is 4.33. The van der Waals surface area contributed by atoms with Crippen LogP contribution in [0.5, 0.6) is 0 Å². The molecule has 1 saturated heterocycles. The van der Waals surface area contributed by atoms with Crippen LogP contribution in [-0.4, -0.2) is 38.9 Å². The lowest BCUT2D eigenvalue weighted by Gasteiger charge is -2.43. The first-order valence-electron chi connectivity index (χ1n) is 5.85. The second-order valence-corrected chi connectivity index (χ2v) is 5.86. The molecule has 2 aliphatic rings. The molecule has 1 N–H and O–H groups in total. The van der Waals surface area contributed by atoms with Crippen molar-refractivity contribution >= 4 is 29.1 Å². The van der Waals surface area contributed by atoms with E-state index >= 15 is 0 Å². The van der Waals surface area contributed by atoms with Crippen molar-refractivity contribution in [2.45, 2.75) is 55.0 Å². The third kappa shape index (κ3) is 1.93. The average Bonchev–Trinajstić information content (AvgIpc) is 2.57. The summed E-state index contributed by atoms with van der Waals surface area (Å²) in [6.45, 7) is 0.579. The normalized spacial score (nSPS) is 29.0. The lowest BCUT2D eigenvalue weighted by molar-refractivity contribution is -0.137. The van der Waals surface area contributed by atoms with E-state index in [0.29, 0.717) is 13.0 Å². The number of carbonyl (C=O) groups is 1. The molecule has 5 heteroatoms. The molecule has 1 spiro atoms. The Morgan fingerprint density at radius 3 is 2.50 bits per heavy atom. The molecule has 1 aliphatic heterocycles. The number of alkyl halides is 2. The fourth-order valence-corrected chi connectivity index (χ4v) is 3.37. The Bertz CT molecular complexity index is 277. The number of nitrogens with zero attached hydrogens (tertiary/aromatic N) is 1. The zero-order chi connectivity index (χ0) is 11.8. The summed E-state index contributed by atoms with van der Waals surface area (Å²) in [5.41, 5.74) is -0.378. The van der Waals surface area contributed by atoms with Crippen LogP contribution in [0.1, 0.15) is 38.5 Å². The van der Waals surface area contributed by atoms with Gasteiger partial charge in [-0.25, -0.2) is 0 Å². The molecular formula is C11H17Cl2NO2. The Hall–Kier alpha value is 0.01000. The molecule has 2 fully saturated rings. The average molecular weight is 266 g/mol. The van der Waals surface area contributed by atoms with E-state index in [1.165, 1.54) is 6.42 Å². The third-order valence-electron chi connectivity index (χ3n) is 3.96. The van der Waals surface area contributed by atoms with Crippen LogP contribution >= 0.6 is 23.2 Å². The second-order valence-electron chi connectivity index (χ2n) is 4.76. The summed E-state index contributed by atoms with van der Waals surface area (Å²) in [6.07, 6.45) is 5.30. The quantitative estimate of drug-likeness (QED) is 0.738. The Labute approximate surface area is 106 Å². The molecule has 92 valence electrons. The van der Waals surface area contributed by atoms with Crippen molar-refractivity contribution in [3.05, 3.63) is 0 Å². The number of aliphatic hydroxyl groups excluding tert-OH is 1. The Balaban J connectivity index is 2.21. The molecule has 1 saturated carbocycles. The maximum absolute atomic E-state index is 11.9. The second kappa shape index (κ2) is 4.71. The van der Waals surface area contributed by atoms with E-state index in [2.05, 4.69) is 0 Å². The number of amides is 1. The van der Waals surface area contributed by atoms with Gasteiger partial charge < -0.3 is 10.0 Å². The SMILES string of the molecule is O=C(C(Cl)Cl)N1CCC(O)C12CCCCC2. The van der Waals surface area contributed by atoms with Crippen molar-refractivity contribution in [2.24, 2.45) is 0 Å². The molecule has 16 heavy (non-hydrogen) atoms. The molecule has 0 radical (unpaired) electrons. The molecule has 3 nitrogen and oxygen atoms in total. The van der Waals surface area contributed by atoms with E-state index in [1.54, 1.807) is 4.90 Å². The number of aliphatic hydroxyl groups is 1. The molecule has 1 unspecified atom stereocenters. The zero-order valence-electron chi connectivity index (χ0n) is 9.16. The zero-order valence-corrected chi connectivity index (χ0v) is 10.7. The molecule has 1 heterocycles. The fourth-order valence-electron chi connectivity index (χ4n) is 3.14. The standard InChI is InChI=1S/C11H17Cl2NO2/c12-9(13)10(16)14-7-4-8(15)11(14)5-2-1-3-6-11/h8-9,15H,1-7H2. The maximum Gasteiger partial charge on any atom is 0.256 e. The van der Waals surface area contributed by atoms with Crippen molar-refractivity contribution < 1.29 is 9.90 Å². The minimum Gasteiger partial charge on any atom is -0.391 e. The first kappa shape index (κ1) is 12.5. The summed E-state index contributed by atoms with van der Waals surface area (Å²) < 4.78 is 0. The van der Waals surface area contributed by atoms with Gasteiger partial charge in [0, 0.05) is 6.54 Å². The van der Waals surface area contributed by atoms with Crippen molar-refractivity contribution in [1.29, 1.82) is 0 Å². The Kier molecular flexibility index (Phi) is 3.67. The van der Waals surface area contributed by atoms with E-state index in [0.717, 1.165) is 25.7 Å². The van der Waals surface area contributed by atoms with Crippen molar-refractivity contribution in [1.82, 2.24) is 4.90 Å². The van der Waals surface area contributed by atoms with Gasteiger partial charge in [0.15, 0.2) is 4.84 Å². The number of rotatable bonds is 1. The van der Waals surface area contributed by atoms with Gasteiger partial charge in [-0.1, -0.05) is 42.5 Å².